The van der Waals surface area contributed by atoms with Crippen LogP contribution in [0.3, 0.4) is 0 Å². The van der Waals surface area contributed by atoms with Crippen LogP contribution < -0.4 is 5.32 Å². The van der Waals surface area contributed by atoms with E-state index in [4.69, 9.17) is 9.84 Å². The van der Waals surface area contributed by atoms with Gasteiger partial charge in [0.05, 0.1) is 5.69 Å². The lowest BCUT2D eigenvalue weighted by atomic mass is 10.3. The van der Waals surface area contributed by atoms with E-state index in [2.05, 4.69) is 73.1 Å². The molecule has 1 rings (SSSR count). The molecule has 1 aromatic rings. The lowest BCUT2D eigenvalue weighted by Gasteiger charge is -2.12. The minimum Gasteiger partial charge on any atom is -0.479 e. The molecule has 0 saturated carbocycles. The molecule has 0 saturated heterocycles. The Labute approximate surface area is 151 Å². The number of aliphatic carboxylic acids is 1. The van der Waals surface area contributed by atoms with Gasteiger partial charge >= 0.3 is 5.97 Å². The molecule has 1 aromatic carbocycles. The van der Waals surface area contributed by atoms with Gasteiger partial charge in [-0.1, -0.05) is 0 Å². The maximum atomic E-state index is 11.7. The van der Waals surface area contributed by atoms with Gasteiger partial charge in [-0.15, -0.1) is 0 Å². The first kappa shape index (κ1) is 17.4. The summed E-state index contributed by atoms with van der Waals surface area (Å²) in [6, 6.07) is 3.89. The van der Waals surface area contributed by atoms with Gasteiger partial charge in [0.15, 0.2) is 6.10 Å². The zero-order valence-corrected chi connectivity index (χ0v) is 16.2. The van der Waals surface area contributed by atoms with Crippen LogP contribution in [-0.2, 0) is 14.3 Å². The van der Waals surface area contributed by atoms with Crippen molar-refractivity contribution in [3.8, 4) is 0 Å². The number of halogens is 3. The minimum atomic E-state index is -1.09. The van der Waals surface area contributed by atoms with Crippen LogP contribution in [0, 0.1) is 10.7 Å². The largest absolute Gasteiger partial charge is 0.479 e. The van der Waals surface area contributed by atoms with Gasteiger partial charge < -0.3 is 15.2 Å². The molecule has 19 heavy (non-hydrogen) atoms. The molecule has 2 N–H and O–H groups in total. The highest BCUT2D eigenvalue weighted by atomic mass is 127. The second-order valence-electron chi connectivity index (χ2n) is 3.58. The number of benzene rings is 1. The Balaban J connectivity index is 2.65. The molecule has 0 spiro atoms. The summed E-state index contributed by atoms with van der Waals surface area (Å²) in [5, 5.41) is 11.4. The Morgan fingerprint density at radius 3 is 2.32 bits per heavy atom. The number of hydrogen-bond acceptors (Lipinski definition) is 3. The van der Waals surface area contributed by atoms with Gasteiger partial charge in [-0.25, -0.2) is 4.79 Å². The zero-order valence-electron chi connectivity index (χ0n) is 9.75. The minimum absolute atomic E-state index is 0.286. The maximum absolute atomic E-state index is 11.7. The smallest absolute Gasteiger partial charge is 0.332 e. The molecule has 0 bridgehead atoms. The van der Waals surface area contributed by atoms with Gasteiger partial charge in [0.1, 0.15) is 6.61 Å². The fraction of sp³-hybridized carbons (Fsp3) is 0.273. The van der Waals surface area contributed by atoms with E-state index in [9.17, 15) is 9.59 Å². The molecule has 1 atom stereocenters. The van der Waals surface area contributed by atoms with Gasteiger partial charge in [0, 0.05) is 10.7 Å². The van der Waals surface area contributed by atoms with Gasteiger partial charge in [-0.05, 0) is 86.8 Å². The molecule has 0 aromatic heterocycles. The summed E-state index contributed by atoms with van der Waals surface area (Å²) in [4.78, 5) is 22.2. The SMILES string of the molecule is C[C@H](OCC(=O)Nc1c(I)cc(I)cc1I)C(=O)O. The summed E-state index contributed by atoms with van der Waals surface area (Å²) in [7, 11) is 0. The van der Waals surface area contributed by atoms with E-state index < -0.39 is 12.1 Å². The normalized spacial score (nSPS) is 12.0. The number of hydrogen-bond donors (Lipinski definition) is 2. The van der Waals surface area contributed by atoms with E-state index in [1.807, 2.05) is 12.1 Å². The van der Waals surface area contributed by atoms with Gasteiger partial charge in [0.25, 0.3) is 0 Å². The van der Waals surface area contributed by atoms with Gasteiger partial charge in [-0.2, -0.15) is 0 Å². The lowest BCUT2D eigenvalue weighted by molar-refractivity contribution is -0.150. The van der Waals surface area contributed by atoms with Crippen molar-refractivity contribution in [2.24, 2.45) is 0 Å². The summed E-state index contributed by atoms with van der Waals surface area (Å²) in [5.74, 6) is -1.46. The average Bonchev–Trinajstić information content (AvgIpc) is 2.30. The maximum Gasteiger partial charge on any atom is 0.332 e. The molecule has 0 fully saturated rings. The van der Waals surface area contributed by atoms with Crippen LogP contribution in [-0.4, -0.2) is 29.7 Å². The first-order valence-corrected chi connectivity index (χ1v) is 8.33. The highest BCUT2D eigenvalue weighted by molar-refractivity contribution is 14.1. The fourth-order valence-corrected chi connectivity index (χ4v) is 4.96. The summed E-state index contributed by atoms with van der Waals surface area (Å²) in [5.41, 5.74) is 0.721. The quantitative estimate of drug-likeness (QED) is 0.510. The molecule has 1 amide bonds. The first-order chi connectivity index (χ1) is 8.81. The van der Waals surface area contributed by atoms with Crippen molar-refractivity contribution in [3.63, 3.8) is 0 Å². The molecule has 0 aliphatic rings. The fourth-order valence-electron chi connectivity index (χ4n) is 1.11. The van der Waals surface area contributed by atoms with Crippen LogP contribution in [0.4, 0.5) is 5.69 Å². The third kappa shape index (κ3) is 5.67. The number of amides is 1. The molecule has 0 heterocycles. The van der Waals surface area contributed by atoms with Crippen molar-refractivity contribution in [2.75, 3.05) is 11.9 Å². The Bertz CT molecular complexity index is 484. The molecule has 0 aliphatic carbocycles. The number of carbonyl (C=O) groups is 2. The second kappa shape index (κ2) is 7.93. The summed E-state index contributed by atoms with van der Waals surface area (Å²) < 4.78 is 7.86. The Morgan fingerprint density at radius 1 is 1.32 bits per heavy atom. The number of anilines is 1. The van der Waals surface area contributed by atoms with E-state index in [1.54, 1.807) is 0 Å². The molecule has 8 heteroatoms. The number of rotatable bonds is 5. The predicted octanol–water partition coefficient (Wildman–Crippen LogP) is 2.93. The molecule has 0 radical (unpaired) electrons. The molecule has 104 valence electrons. The number of carboxylic acids is 1. The average molecular weight is 601 g/mol. The topological polar surface area (TPSA) is 75.6 Å². The zero-order chi connectivity index (χ0) is 14.6. The first-order valence-electron chi connectivity index (χ1n) is 5.10. The predicted molar refractivity (Wildman–Crippen MR) is 96.3 cm³/mol. The Kier molecular flexibility index (Phi) is 7.24. The number of nitrogens with one attached hydrogen (secondary N) is 1. The number of ether oxygens (including phenoxy) is 1. The second-order valence-corrected chi connectivity index (χ2v) is 7.15. The van der Waals surface area contributed by atoms with Crippen LogP contribution in [0.1, 0.15) is 6.92 Å². The Morgan fingerprint density at radius 2 is 1.84 bits per heavy atom. The van der Waals surface area contributed by atoms with Gasteiger partial charge in [0.2, 0.25) is 5.91 Å². The molecule has 0 aliphatic heterocycles. The highest BCUT2D eigenvalue weighted by Gasteiger charge is 2.15. The molecule has 5 nitrogen and oxygen atoms in total. The van der Waals surface area contributed by atoms with Crippen molar-refractivity contribution < 1.29 is 19.4 Å². The Hall–Kier alpha value is 0.310. The highest BCUT2D eigenvalue weighted by Crippen LogP contribution is 2.27. The summed E-state index contributed by atoms with van der Waals surface area (Å²) >= 11 is 6.48. The van der Waals surface area contributed by atoms with Crippen molar-refractivity contribution >= 4 is 85.3 Å². The van der Waals surface area contributed by atoms with Crippen molar-refractivity contribution in [3.05, 3.63) is 22.8 Å². The monoisotopic (exact) mass is 601 g/mol. The third-order valence-electron chi connectivity index (χ3n) is 2.08. The summed E-state index contributed by atoms with van der Waals surface area (Å²) in [6.45, 7) is 1.10. The molecule has 0 unspecified atom stereocenters. The lowest BCUT2D eigenvalue weighted by Crippen LogP contribution is -2.27. The van der Waals surface area contributed by atoms with Crippen molar-refractivity contribution in [1.82, 2.24) is 0 Å². The van der Waals surface area contributed by atoms with Crippen LogP contribution in [0.25, 0.3) is 0 Å². The number of carboxylic acid groups (broad SMARTS) is 1. The van der Waals surface area contributed by atoms with Crippen LogP contribution in [0.15, 0.2) is 12.1 Å². The van der Waals surface area contributed by atoms with E-state index in [0.29, 0.717) is 0 Å². The van der Waals surface area contributed by atoms with Crippen LogP contribution >= 0.6 is 67.8 Å². The van der Waals surface area contributed by atoms with Crippen molar-refractivity contribution in [1.29, 1.82) is 0 Å². The number of carbonyl (C=O) groups excluding carboxylic acids is 1. The standard InChI is InChI=1S/C11H10I3NO4/c1-5(11(17)18)19-4-9(16)15-10-7(13)2-6(12)3-8(10)14/h2-3,5H,4H2,1H3,(H,15,16)(H,17,18)/t5-/m0/s1. The molecular weight excluding hydrogens is 591 g/mol. The van der Waals surface area contributed by atoms with Gasteiger partial charge in [-0.3, -0.25) is 4.79 Å². The van der Waals surface area contributed by atoms with E-state index in [0.717, 1.165) is 16.4 Å². The van der Waals surface area contributed by atoms with Crippen LogP contribution in [0.2, 0.25) is 0 Å². The van der Waals surface area contributed by atoms with Crippen molar-refractivity contribution in [2.45, 2.75) is 13.0 Å². The third-order valence-corrected chi connectivity index (χ3v) is 4.41. The summed E-state index contributed by atoms with van der Waals surface area (Å²) in [6.07, 6.45) is -0.999. The van der Waals surface area contributed by atoms with E-state index >= 15 is 0 Å². The van der Waals surface area contributed by atoms with E-state index in [-0.39, 0.29) is 12.5 Å². The molecular formula is C11H10I3NO4. The van der Waals surface area contributed by atoms with Crippen LogP contribution in [0.5, 0.6) is 0 Å². The van der Waals surface area contributed by atoms with E-state index in [1.165, 1.54) is 6.92 Å².